The van der Waals surface area contributed by atoms with Gasteiger partial charge in [-0.25, -0.2) is 0 Å². The van der Waals surface area contributed by atoms with Gasteiger partial charge in [-0.05, 0) is 38.4 Å². The Kier molecular flexibility index (Phi) is 5.79. The zero-order chi connectivity index (χ0) is 14.5. The Morgan fingerprint density at radius 2 is 1.85 bits per heavy atom. The summed E-state index contributed by atoms with van der Waals surface area (Å²) in [5.74, 6) is 0.241. The predicted octanol–water partition coefficient (Wildman–Crippen LogP) is 4.67. The molecule has 3 heteroatoms. The van der Waals surface area contributed by atoms with E-state index in [1.54, 1.807) is 0 Å². The molecule has 1 aromatic carbocycles. The molecule has 0 aromatic heterocycles. The van der Waals surface area contributed by atoms with Crippen molar-refractivity contribution in [1.82, 2.24) is 4.90 Å². The van der Waals surface area contributed by atoms with Crippen molar-refractivity contribution in [3.8, 4) is 0 Å². The maximum Gasteiger partial charge on any atom is 0.179 e. The minimum Gasteiger partial charge on any atom is -0.292 e. The lowest BCUT2D eigenvalue weighted by molar-refractivity contribution is 0.0718. The number of carbonyl (C=O) groups is 1. The summed E-state index contributed by atoms with van der Waals surface area (Å²) in [6, 6.07) is 8.27. The average molecular weight is 338 g/mol. The second kappa shape index (κ2) is 7.37. The monoisotopic (exact) mass is 337 g/mol. The van der Waals surface area contributed by atoms with E-state index in [9.17, 15) is 4.79 Å². The summed E-state index contributed by atoms with van der Waals surface area (Å²) in [7, 11) is 0. The lowest BCUT2D eigenvalue weighted by atomic mass is 9.92. The van der Waals surface area contributed by atoms with Crippen LogP contribution in [0.2, 0.25) is 0 Å². The second-order valence-electron chi connectivity index (χ2n) is 5.67. The first-order valence-corrected chi connectivity index (χ1v) is 8.48. The van der Waals surface area contributed by atoms with Gasteiger partial charge in [0.1, 0.15) is 0 Å². The van der Waals surface area contributed by atoms with Crippen LogP contribution < -0.4 is 0 Å². The molecule has 1 saturated carbocycles. The van der Waals surface area contributed by atoms with Gasteiger partial charge in [-0.3, -0.25) is 9.69 Å². The molecule has 1 fully saturated rings. The SMILES string of the molecule is CCN(C1CCCCC1)C(C)C(=O)c1ccc(Br)cc1. The molecule has 0 heterocycles. The highest BCUT2D eigenvalue weighted by Crippen LogP contribution is 2.25. The van der Waals surface area contributed by atoms with E-state index in [1.165, 1.54) is 32.1 Å². The fourth-order valence-electron chi connectivity index (χ4n) is 3.27. The van der Waals surface area contributed by atoms with Gasteiger partial charge in [0.2, 0.25) is 0 Å². The summed E-state index contributed by atoms with van der Waals surface area (Å²) in [5.41, 5.74) is 0.815. The van der Waals surface area contributed by atoms with Crippen molar-refractivity contribution in [3.63, 3.8) is 0 Å². The first-order valence-electron chi connectivity index (χ1n) is 7.69. The minimum absolute atomic E-state index is 0.0238. The molecule has 0 bridgehead atoms. The van der Waals surface area contributed by atoms with E-state index in [0.717, 1.165) is 16.6 Å². The zero-order valence-electron chi connectivity index (χ0n) is 12.4. The third-order valence-electron chi connectivity index (χ3n) is 4.41. The van der Waals surface area contributed by atoms with E-state index >= 15 is 0 Å². The van der Waals surface area contributed by atoms with Crippen molar-refractivity contribution < 1.29 is 4.79 Å². The summed E-state index contributed by atoms with van der Waals surface area (Å²) < 4.78 is 1.02. The van der Waals surface area contributed by atoms with Gasteiger partial charge >= 0.3 is 0 Å². The standard InChI is InChI=1S/C17H24BrNO/c1-3-19(16-7-5-4-6-8-16)13(2)17(20)14-9-11-15(18)12-10-14/h9-13,16H,3-8H2,1-2H3. The summed E-state index contributed by atoms with van der Waals surface area (Å²) in [6.45, 7) is 5.18. The van der Waals surface area contributed by atoms with Crippen LogP contribution >= 0.6 is 15.9 Å². The van der Waals surface area contributed by atoms with E-state index in [2.05, 4.69) is 34.7 Å². The van der Waals surface area contributed by atoms with Crippen molar-refractivity contribution in [2.45, 2.75) is 58.0 Å². The number of benzene rings is 1. The molecule has 0 spiro atoms. The number of hydrogen-bond donors (Lipinski definition) is 0. The molecule has 0 saturated heterocycles. The average Bonchev–Trinajstić information content (AvgIpc) is 2.49. The summed E-state index contributed by atoms with van der Waals surface area (Å²) in [4.78, 5) is 15.0. The van der Waals surface area contributed by atoms with Crippen LogP contribution in [-0.2, 0) is 0 Å². The smallest absolute Gasteiger partial charge is 0.179 e. The van der Waals surface area contributed by atoms with Crippen molar-refractivity contribution in [1.29, 1.82) is 0 Å². The molecule has 0 N–H and O–H groups in total. The summed E-state index contributed by atoms with van der Waals surface area (Å²) in [5, 5.41) is 0. The van der Waals surface area contributed by atoms with Gasteiger partial charge in [-0.2, -0.15) is 0 Å². The minimum atomic E-state index is -0.0238. The Hall–Kier alpha value is -0.670. The lowest BCUT2D eigenvalue weighted by Gasteiger charge is -2.37. The van der Waals surface area contributed by atoms with Crippen LogP contribution in [0, 0.1) is 0 Å². The van der Waals surface area contributed by atoms with Crippen LogP contribution in [0.1, 0.15) is 56.3 Å². The molecular formula is C17H24BrNO. The molecule has 1 atom stereocenters. The lowest BCUT2D eigenvalue weighted by Crippen LogP contribution is -2.46. The van der Waals surface area contributed by atoms with Gasteiger partial charge in [0, 0.05) is 16.1 Å². The van der Waals surface area contributed by atoms with Crippen LogP contribution in [0.3, 0.4) is 0 Å². The summed E-state index contributed by atoms with van der Waals surface area (Å²) >= 11 is 3.42. The number of rotatable bonds is 5. The molecule has 20 heavy (non-hydrogen) atoms. The highest BCUT2D eigenvalue weighted by molar-refractivity contribution is 9.10. The third kappa shape index (κ3) is 3.70. The number of hydrogen-bond acceptors (Lipinski definition) is 2. The van der Waals surface area contributed by atoms with Gasteiger partial charge in [-0.1, -0.05) is 54.2 Å². The third-order valence-corrected chi connectivity index (χ3v) is 4.94. The molecule has 0 amide bonds. The van der Waals surface area contributed by atoms with Gasteiger partial charge in [0.25, 0.3) is 0 Å². The van der Waals surface area contributed by atoms with Crippen molar-refractivity contribution in [2.75, 3.05) is 6.54 Å². The van der Waals surface area contributed by atoms with Crippen molar-refractivity contribution >= 4 is 21.7 Å². The molecule has 1 aliphatic rings. The van der Waals surface area contributed by atoms with Crippen LogP contribution in [-0.4, -0.2) is 29.3 Å². The van der Waals surface area contributed by atoms with E-state index < -0.39 is 0 Å². The number of ketones is 1. The van der Waals surface area contributed by atoms with Crippen molar-refractivity contribution in [2.24, 2.45) is 0 Å². The summed E-state index contributed by atoms with van der Waals surface area (Å²) in [6.07, 6.45) is 6.45. The zero-order valence-corrected chi connectivity index (χ0v) is 14.0. The Balaban J connectivity index is 2.08. The van der Waals surface area contributed by atoms with E-state index in [-0.39, 0.29) is 11.8 Å². The molecule has 110 valence electrons. The number of nitrogens with zero attached hydrogens (tertiary/aromatic N) is 1. The molecule has 0 aliphatic heterocycles. The fraction of sp³-hybridized carbons (Fsp3) is 0.588. The van der Waals surface area contributed by atoms with Crippen LogP contribution in [0.25, 0.3) is 0 Å². The molecule has 2 rings (SSSR count). The van der Waals surface area contributed by atoms with Crippen molar-refractivity contribution in [3.05, 3.63) is 34.3 Å². The molecule has 1 unspecified atom stereocenters. The van der Waals surface area contributed by atoms with E-state index in [1.807, 2.05) is 24.3 Å². The number of Topliss-reactive ketones (excluding diaryl/α,β-unsaturated/α-hetero) is 1. The van der Waals surface area contributed by atoms with Crippen LogP contribution in [0.5, 0.6) is 0 Å². The predicted molar refractivity (Wildman–Crippen MR) is 87.2 cm³/mol. The van der Waals surface area contributed by atoms with Gasteiger partial charge in [0.05, 0.1) is 6.04 Å². The fourth-order valence-corrected chi connectivity index (χ4v) is 3.53. The normalized spacial score (nSPS) is 18.2. The van der Waals surface area contributed by atoms with E-state index in [0.29, 0.717) is 6.04 Å². The molecule has 2 nitrogen and oxygen atoms in total. The Morgan fingerprint density at radius 3 is 2.40 bits per heavy atom. The Bertz CT molecular complexity index is 437. The first-order chi connectivity index (χ1) is 9.63. The Morgan fingerprint density at radius 1 is 1.25 bits per heavy atom. The highest BCUT2D eigenvalue weighted by Gasteiger charge is 2.28. The second-order valence-corrected chi connectivity index (χ2v) is 6.59. The quantitative estimate of drug-likeness (QED) is 0.727. The van der Waals surface area contributed by atoms with Gasteiger partial charge < -0.3 is 0 Å². The number of halogens is 1. The van der Waals surface area contributed by atoms with Gasteiger partial charge in [0.15, 0.2) is 5.78 Å². The molecule has 1 aromatic rings. The highest BCUT2D eigenvalue weighted by atomic mass is 79.9. The number of carbonyl (C=O) groups excluding carboxylic acids is 1. The topological polar surface area (TPSA) is 20.3 Å². The van der Waals surface area contributed by atoms with Gasteiger partial charge in [-0.15, -0.1) is 0 Å². The molecule has 1 aliphatic carbocycles. The molecule has 0 radical (unpaired) electrons. The molecular weight excluding hydrogens is 314 g/mol. The maximum atomic E-state index is 12.6. The van der Waals surface area contributed by atoms with E-state index in [4.69, 9.17) is 0 Å². The maximum absolute atomic E-state index is 12.6. The Labute approximate surface area is 130 Å². The van der Waals surface area contributed by atoms with Crippen LogP contribution in [0.15, 0.2) is 28.7 Å². The largest absolute Gasteiger partial charge is 0.292 e. The first kappa shape index (κ1) is 15.7. The number of likely N-dealkylation sites (N-methyl/N-ethyl adjacent to an activating group) is 1. The van der Waals surface area contributed by atoms with Crippen LogP contribution in [0.4, 0.5) is 0 Å².